The van der Waals surface area contributed by atoms with Gasteiger partial charge in [0, 0.05) is 18.8 Å². The van der Waals surface area contributed by atoms with Crippen LogP contribution in [-0.4, -0.2) is 58.4 Å². The fraction of sp³-hybridized carbons (Fsp3) is 0.917. The van der Waals surface area contributed by atoms with Gasteiger partial charge in [0.25, 0.3) is 0 Å². The number of hydrogen-bond acceptors (Lipinski definition) is 2. The molecule has 2 aliphatic rings. The molecule has 2 saturated heterocycles. The second-order valence-corrected chi connectivity index (χ2v) is 5.04. The lowest BCUT2D eigenvalue weighted by atomic mass is 9.97. The molecular formula is C12H25N3O2+2. The Labute approximate surface area is 103 Å². The van der Waals surface area contributed by atoms with Crippen molar-refractivity contribution in [3.05, 3.63) is 0 Å². The smallest absolute Gasteiger partial charge is 0.223 e. The maximum absolute atomic E-state index is 11.9. The first-order chi connectivity index (χ1) is 8.36. The minimum atomic E-state index is 0.264. The van der Waals surface area contributed by atoms with Crippen molar-refractivity contribution in [1.82, 2.24) is 5.32 Å². The highest BCUT2D eigenvalue weighted by Crippen LogP contribution is 2.07. The predicted octanol–water partition coefficient (Wildman–Crippen LogP) is -3.01. The van der Waals surface area contributed by atoms with Gasteiger partial charge < -0.3 is 20.3 Å². The van der Waals surface area contributed by atoms with Crippen LogP contribution in [0.25, 0.3) is 0 Å². The summed E-state index contributed by atoms with van der Waals surface area (Å²) in [5.41, 5.74) is 0. The molecule has 5 nitrogen and oxygen atoms in total. The van der Waals surface area contributed by atoms with Crippen LogP contribution >= 0.6 is 0 Å². The van der Waals surface area contributed by atoms with E-state index in [0.29, 0.717) is 0 Å². The number of morpholine rings is 1. The lowest BCUT2D eigenvalue weighted by Gasteiger charge is -2.24. The summed E-state index contributed by atoms with van der Waals surface area (Å²) in [5, 5.41) is 5.38. The van der Waals surface area contributed by atoms with Gasteiger partial charge in [0.05, 0.1) is 39.4 Å². The SMILES string of the molecule is O=C(NCC[NH+]1CCOCC1)C1CC[NH2+]CC1. The number of carbonyl (C=O) groups excluding carboxylic acids is 1. The first-order valence-corrected chi connectivity index (χ1v) is 6.87. The Bertz CT molecular complexity index is 236. The van der Waals surface area contributed by atoms with Crippen LogP contribution in [0.4, 0.5) is 0 Å². The summed E-state index contributed by atoms with van der Waals surface area (Å²) in [7, 11) is 0. The van der Waals surface area contributed by atoms with Crippen LogP contribution in [0.5, 0.6) is 0 Å². The number of carbonyl (C=O) groups is 1. The largest absolute Gasteiger partial charge is 0.370 e. The van der Waals surface area contributed by atoms with E-state index in [1.807, 2.05) is 0 Å². The normalized spacial score (nSPS) is 23.5. The van der Waals surface area contributed by atoms with Gasteiger partial charge in [-0.1, -0.05) is 0 Å². The first-order valence-electron chi connectivity index (χ1n) is 6.87. The summed E-state index contributed by atoms with van der Waals surface area (Å²) < 4.78 is 5.31. The molecule has 17 heavy (non-hydrogen) atoms. The molecule has 0 aromatic rings. The van der Waals surface area contributed by atoms with Gasteiger partial charge in [-0.3, -0.25) is 4.79 Å². The average Bonchev–Trinajstić information content (AvgIpc) is 2.41. The van der Waals surface area contributed by atoms with E-state index in [2.05, 4.69) is 10.6 Å². The molecule has 0 radical (unpaired) electrons. The van der Waals surface area contributed by atoms with E-state index in [0.717, 1.165) is 65.3 Å². The third-order valence-electron chi connectivity index (χ3n) is 3.79. The van der Waals surface area contributed by atoms with Crippen LogP contribution in [0.3, 0.4) is 0 Å². The molecule has 4 N–H and O–H groups in total. The second-order valence-electron chi connectivity index (χ2n) is 5.04. The summed E-state index contributed by atoms with van der Waals surface area (Å²) in [6.45, 7) is 7.94. The van der Waals surface area contributed by atoms with Gasteiger partial charge in [-0.2, -0.15) is 0 Å². The predicted molar refractivity (Wildman–Crippen MR) is 63.8 cm³/mol. The third-order valence-corrected chi connectivity index (χ3v) is 3.79. The number of piperidine rings is 1. The van der Waals surface area contributed by atoms with Gasteiger partial charge in [-0.25, -0.2) is 0 Å². The Balaban J connectivity index is 1.58. The fourth-order valence-electron chi connectivity index (χ4n) is 2.61. The number of nitrogens with one attached hydrogen (secondary N) is 2. The Hall–Kier alpha value is -0.650. The van der Waals surface area contributed by atoms with Crippen LogP contribution in [-0.2, 0) is 9.53 Å². The number of hydrogen-bond donors (Lipinski definition) is 3. The number of amides is 1. The summed E-state index contributed by atoms with van der Waals surface area (Å²) in [5.74, 6) is 0.533. The second kappa shape index (κ2) is 6.93. The average molecular weight is 243 g/mol. The van der Waals surface area contributed by atoms with E-state index < -0.39 is 0 Å². The molecule has 98 valence electrons. The zero-order valence-corrected chi connectivity index (χ0v) is 10.5. The number of nitrogens with two attached hydrogens (primary N) is 1. The Kier molecular flexibility index (Phi) is 5.22. The van der Waals surface area contributed by atoms with Crippen LogP contribution in [0.15, 0.2) is 0 Å². The van der Waals surface area contributed by atoms with Crippen molar-refractivity contribution < 1.29 is 19.7 Å². The van der Waals surface area contributed by atoms with Gasteiger partial charge in [0.15, 0.2) is 0 Å². The molecular weight excluding hydrogens is 218 g/mol. The van der Waals surface area contributed by atoms with Crippen LogP contribution in [0, 0.1) is 5.92 Å². The Morgan fingerprint density at radius 2 is 2.00 bits per heavy atom. The molecule has 2 fully saturated rings. The molecule has 0 aromatic heterocycles. The molecule has 2 aliphatic heterocycles. The molecule has 1 amide bonds. The molecule has 0 saturated carbocycles. The number of rotatable bonds is 4. The standard InChI is InChI=1S/C12H23N3O2/c16-12(11-1-3-13-4-2-11)14-5-6-15-7-9-17-10-8-15/h11,13H,1-10H2,(H,14,16)/p+2. The zero-order valence-electron chi connectivity index (χ0n) is 10.5. The van der Waals surface area contributed by atoms with E-state index in [4.69, 9.17) is 4.74 Å². The fourth-order valence-corrected chi connectivity index (χ4v) is 2.61. The first kappa shape index (κ1) is 12.8. The summed E-state index contributed by atoms with van der Waals surface area (Å²) in [4.78, 5) is 13.4. The van der Waals surface area contributed by atoms with Crippen LogP contribution < -0.4 is 15.5 Å². The highest BCUT2D eigenvalue weighted by molar-refractivity contribution is 5.78. The van der Waals surface area contributed by atoms with Crippen molar-refractivity contribution in [3.8, 4) is 0 Å². The van der Waals surface area contributed by atoms with E-state index in [9.17, 15) is 4.79 Å². The molecule has 0 atom stereocenters. The van der Waals surface area contributed by atoms with Gasteiger partial charge >= 0.3 is 0 Å². The van der Waals surface area contributed by atoms with Gasteiger partial charge in [0.1, 0.15) is 13.1 Å². The van der Waals surface area contributed by atoms with E-state index in [1.165, 1.54) is 0 Å². The van der Waals surface area contributed by atoms with E-state index in [1.54, 1.807) is 4.90 Å². The lowest BCUT2D eigenvalue weighted by molar-refractivity contribution is -0.906. The minimum absolute atomic E-state index is 0.264. The molecule has 2 rings (SSSR count). The molecule has 0 aromatic carbocycles. The molecule has 0 aliphatic carbocycles. The number of ether oxygens (including phenoxy) is 1. The van der Waals surface area contributed by atoms with Crippen molar-refractivity contribution >= 4 is 5.91 Å². The highest BCUT2D eigenvalue weighted by atomic mass is 16.5. The monoisotopic (exact) mass is 243 g/mol. The van der Waals surface area contributed by atoms with Gasteiger partial charge in [-0.15, -0.1) is 0 Å². The summed E-state index contributed by atoms with van der Waals surface area (Å²) in [6.07, 6.45) is 2.08. The van der Waals surface area contributed by atoms with Gasteiger partial charge in [0.2, 0.25) is 5.91 Å². The van der Waals surface area contributed by atoms with Crippen molar-refractivity contribution in [2.75, 3.05) is 52.5 Å². The summed E-state index contributed by atoms with van der Waals surface area (Å²) >= 11 is 0. The van der Waals surface area contributed by atoms with Gasteiger partial charge in [-0.05, 0) is 0 Å². The van der Waals surface area contributed by atoms with Crippen molar-refractivity contribution in [2.24, 2.45) is 5.92 Å². The third kappa shape index (κ3) is 4.26. The quantitative estimate of drug-likeness (QED) is 0.493. The van der Waals surface area contributed by atoms with E-state index >= 15 is 0 Å². The van der Waals surface area contributed by atoms with Crippen molar-refractivity contribution in [3.63, 3.8) is 0 Å². The van der Waals surface area contributed by atoms with Crippen LogP contribution in [0.1, 0.15) is 12.8 Å². The Morgan fingerprint density at radius 1 is 1.29 bits per heavy atom. The van der Waals surface area contributed by atoms with Crippen molar-refractivity contribution in [1.29, 1.82) is 0 Å². The van der Waals surface area contributed by atoms with Crippen molar-refractivity contribution in [2.45, 2.75) is 12.8 Å². The number of quaternary nitrogens is 2. The van der Waals surface area contributed by atoms with Crippen LogP contribution in [0.2, 0.25) is 0 Å². The maximum atomic E-state index is 11.9. The molecule has 0 spiro atoms. The zero-order chi connectivity index (χ0) is 11.9. The molecule has 0 bridgehead atoms. The topological polar surface area (TPSA) is 59.4 Å². The van der Waals surface area contributed by atoms with E-state index in [-0.39, 0.29) is 11.8 Å². The lowest BCUT2D eigenvalue weighted by Crippen LogP contribution is -3.14. The molecule has 2 heterocycles. The molecule has 0 unspecified atom stereocenters. The molecule has 5 heteroatoms. The highest BCUT2D eigenvalue weighted by Gasteiger charge is 2.23. The summed E-state index contributed by atoms with van der Waals surface area (Å²) in [6, 6.07) is 0. The minimum Gasteiger partial charge on any atom is -0.370 e. The Morgan fingerprint density at radius 3 is 2.71 bits per heavy atom. The maximum Gasteiger partial charge on any atom is 0.223 e.